The van der Waals surface area contributed by atoms with Gasteiger partial charge in [0, 0.05) is 24.0 Å². The number of amides is 1. The van der Waals surface area contributed by atoms with Gasteiger partial charge in [-0.15, -0.1) is 0 Å². The normalized spacial score (nSPS) is 20.1. The highest BCUT2D eigenvalue weighted by molar-refractivity contribution is 6.06. The van der Waals surface area contributed by atoms with Crippen molar-refractivity contribution in [2.75, 3.05) is 12.0 Å². The number of benzene rings is 1. The minimum Gasteiger partial charge on any atom is -0.328 e. The molecule has 108 valence electrons. The Morgan fingerprint density at radius 2 is 2.10 bits per heavy atom. The van der Waals surface area contributed by atoms with Crippen molar-refractivity contribution in [3.05, 3.63) is 54.5 Å². The number of carbonyl (C=O) groups is 1. The van der Waals surface area contributed by atoms with E-state index in [2.05, 4.69) is 29.1 Å². The first kappa shape index (κ1) is 13.6. The van der Waals surface area contributed by atoms with Crippen LogP contribution in [0, 0.1) is 0 Å². The fourth-order valence-corrected chi connectivity index (χ4v) is 2.35. The predicted octanol–water partition coefficient (Wildman–Crippen LogP) is 0.959. The van der Waals surface area contributed by atoms with E-state index in [0.29, 0.717) is 11.7 Å². The van der Waals surface area contributed by atoms with Gasteiger partial charge in [-0.2, -0.15) is 4.99 Å². The topological polar surface area (TPSA) is 49.1 Å². The summed E-state index contributed by atoms with van der Waals surface area (Å²) in [5.41, 5.74) is 1.25. The second kappa shape index (κ2) is 5.54. The van der Waals surface area contributed by atoms with Crippen molar-refractivity contribution in [1.82, 2.24) is 4.90 Å². The van der Waals surface area contributed by atoms with E-state index in [1.54, 1.807) is 0 Å². The van der Waals surface area contributed by atoms with E-state index >= 15 is 0 Å². The van der Waals surface area contributed by atoms with Crippen molar-refractivity contribution < 1.29 is 9.69 Å². The Labute approximate surface area is 124 Å². The fraction of sp³-hybridized carbons (Fsp3) is 0.250. The van der Waals surface area contributed by atoms with Gasteiger partial charge < -0.3 is 10.2 Å². The SMILES string of the molecule is CC(C)N1C=CC2=NC(C(=O)Nc3ccccc3)=C[NH+]2C1. The molecular weight excluding hydrogens is 264 g/mol. The molecule has 0 spiro atoms. The van der Waals surface area contributed by atoms with Crippen LogP contribution in [0.5, 0.6) is 0 Å². The van der Waals surface area contributed by atoms with E-state index in [9.17, 15) is 4.79 Å². The Hall–Kier alpha value is -2.40. The minimum absolute atomic E-state index is 0.167. The molecule has 0 bridgehead atoms. The number of rotatable bonds is 3. The van der Waals surface area contributed by atoms with Gasteiger partial charge in [0.25, 0.3) is 5.91 Å². The Morgan fingerprint density at radius 1 is 1.33 bits per heavy atom. The predicted molar refractivity (Wildman–Crippen MR) is 82.5 cm³/mol. The van der Waals surface area contributed by atoms with Crippen LogP contribution in [0.2, 0.25) is 0 Å². The number of nitrogens with one attached hydrogen (secondary N) is 2. The Balaban J connectivity index is 1.72. The Kier molecular flexibility index (Phi) is 3.58. The lowest BCUT2D eigenvalue weighted by Gasteiger charge is -2.29. The zero-order chi connectivity index (χ0) is 14.8. The first-order chi connectivity index (χ1) is 10.1. The highest BCUT2D eigenvalue weighted by Crippen LogP contribution is 2.10. The molecule has 0 saturated heterocycles. The third-order valence-corrected chi connectivity index (χ3v) is 3.59. The summed E-state index contributed by atoms with van der Waals surface area (Å²) >= 11 is 0. The summed E-state index contributed by atoms with van der Waals surface area (Å²) in [4.78, 5) is 20.0. The van der Waals surface area contributed by atoms with Gasteiger partial charge in [0.05, 0.1) is 0 Å². The van der Waals surface area contributed by atoms with Crippen molar-refractivity contribution in [1.29, 1.82) is 0 Å². The van der Waals surface area contributed by atoms with Crippen LogP contribution in [0.1, 0.15) is 13.8 Å². The lowest BCUT2D eigenvalue weighted by atomic mass is 10.3. The van der Waals surface area contributed by atoms with E-state index in [0.717, 1.165) is 23.1 Å². The smallest absolute Gasteiger partial charge is 0.280 e. The minimum atomic E-state index is -0.167. The van der Waals surface area contributed by atoms with E-state index < -0.39 is 0 Å². The van der Waals surface area contributed by atoms with Gasteiger partial charge in [0.2, 0.25) is 5.84 Å². The number of hydrogen-bond acceptors (Lipinski definition) is 3. The molecule has 2 aliphatic rings. The second-order valence-electron chi connectivity index (χ2n) is 5.45. The van der Waals surface area contributed by atoms with Crippen LogP contribution in [0.3, 0.4) is 0 Å². The number of hydrogen-bond donors (Lipinski definition) is 2. The number of nitrogens with zero attached hydrogens (tertiary/aromatic N) is 2. The summed E-state index contributed by atoms with van der Waals surface area (Å²) in [6.07, 6.45) is 5.89. The van der Waals surface area contributed by atoms with Gasteiger partial charge in [-0.1, -0.05) is 18.2 Å². The first-order valence-electron chi connectivity index (χ1n) is 7.10. The molecule has 0 radical (unpaired) electrons. The fourth-order valence-electron chi connectivity index (χ4n) is 2.35. The molecule has 1 amide bonds. The summed E-state index contributed by atoms with van der Waals surface area (Å²) in [7, 11) is 0. The summed E-state index contributed by atoms with van der Waals surface area (Å²) in [6.45, 7) is 5.10. The lowest BCUT2D eigenvalue weighted by molar-refractivity contribution is -0.758. The van der Waals surface area contributed by atoms with Gasteiger partial charge in [-0.05, 0) is 26.0 Å². The second-order valence-corrected chi connectivity index (χ2v) is 5.45. The third kappa shape index (κ3) is 2.87. The zero-order valence-corrected chi connectivity index (χ0v) is 12.2. The molecule has 2 heterocycles. The molecule has 3 rings (SSSR count). The average molecular weight is 283 g/mol. The van der Waals surface area contributed by atoms with Gasteiger partial charge >= 0.3 is 0 Å². The molecule has 1 aromatic carbocycles. The highest BCUT2D eigenvalue weighted by atomic mass is 16.2. The zero-order valence-electron chi connectivity index (χ0n) is 12.2. The van der Waals surface area contributed by atoms with Crippen molar-refractivity contribution in [2.24, 2.45) is 4.99 Å². The van der Waals surface area contributed by atoms with Crippen LogP contribution in [0.15, 0.2) is 59.5 Å². The Bertz CT molecular complexity index is 631. The van der Waals surface area contributed by atoms with E-state index in [1.165, 1.54) is 0 Å². The van der Waals surface area contributed by atoms with Gasteiger partial charge in [0.15, 0.2) is 12.4 Å². The summed E-state index contributed by atoms with van der Waals surface area (Å²) in [6, 6.07) is 9.86. The molecular formula is C16H19N4O+. The van der Waals surface area contributed by atoms with Crippen LogP contribution in [-0.2, 0) is 4.79 Å². The van der Waals surface area contributed by atoms with Gasteiger partial charge in [-0.25, -0.2) is 4.90 Å². The molecule has 2 N–H and O–H groups in total. The number of aliphatic imine (C=N–C) groups is 1. The number of amidine groups is 1. The van der Waals surface area contributed by atoms with E-state index in [1.807, 2.05) is 48.8 Å². The maximum Gasteiger partial charge on any atom is 0.280 e. The van der Waals surface area contributed by atoms with E-state index in [-0.39, 0.29) is 5.91 Å². The molecule has 0 aliphatic carbocycles. The van der Waals surface area contributed by atoms with Crippen LogP contribution < -0.4 is 10.2 Å². The number of quaternary nitrogens is 1. The number of para-hydroxylation sites is 1. The lowest BCUT2D eigenvalue weighted by Crippen LogP contribution is -3.11. The summed E-state index contributed by atoms with van der Waals surface area (Å²) < 4.78 is 0. The monoisotopic (exact) mass is 283 g/mol. The molecule has 1 unspecified atom stereocenters. The summed E-state index contributed by atoms with van der Waals surface area (Å²) in [5, 5.41) is 2.86. The molecule has 0 fully saturated rings. The maximum atomic E-state index is 12.2. The average Bonchev–Trinajstić information content (AvgIpc) is 2.91. The van der Waals surface area contributed by atoms with E-state index in [4.69, 9.17) is 0 Å². The maximum absolute atomic E-state index is 12.2. The molecule has 21 heavy (non-hydrogen) atoms. The van der Waals surface area contributed by atoms with Crippen LogP contribution in [0.25, 0.3) is 0 Å². The largest absolute Gasteiger partial charge is 0.328 e. The van der Waals surface area contributed by atoms with Crippen LogP contribution >= 0.6 is 0 Å². The van der Waals surface area contributed by atoms with Crippen LogP contribution in [-0.4, -0.2) is 29.4 Å². The molecule has 0 saturated carbocycles. The van der Waals surface area contributed by atoms with Crippen molar-refractivity contribution in [3.8, 4) is 0 Å². The van der Waals surface area contributed by atoms with Crippen molar-refractivity contribution in [3.63, 3.8) is 0 Å². The quantitative estimate of drug-likeness (QED) is 0.868. The number of fused-ring (bicyclic) bond motifs is 1. The molecule has 1 aromatic rings. The molecule has 2 aliphatic heterocycles. The van der Waals surface area contributed by atoms with Gasteiger partial charge in [-0.3, -0.25) is 4.79 Å². The molecule has 0 aromatic heterocycles. The van der Waals surface area contributed by atoms with Crippen molar-refractivity contribution in [2.45, 2.75) is 19.9 Å². The van der Waals surface area contributed by atoms with Crippen LogP contribution in [0.4, 0.5) is 5.69 Å². The highest BCUT2D eigenvalue weighted by Gasteiger charge is 2.30. The number of carbonyl (C=O) groups excluding carboxylic acids is 1. The Morgan fingerprint density at radius 3 is 2.81 bits per heavy atom. The molecule has 5 heteroatoms. The molecule has 1 atom stereocenters. The van der Waals surface area contributed by atoms with Crippen molar-refractivity contribution >= 4 is 17.4 Å². The van der Waals surface area contributed by atoms with Gasteiger partial charge in [0.1, 0.15) is 6.20 Å². The molecule has 5 nitrogen and oxygen atoms in total. The summed E-state index contributed by atoms with van der Waals surface area (Å²) in [5.74, 6) is 0.727. The number of anilines is 1. The first-order valence-corrected chi connectivity index (χ1v) is 7.10. The third-order valence-electron chi connectivity index (χ3n) is 3.59. The standard InChI is InChI=1S/C16H18N4O/c1-12(2)19-9-8-15-18-14(10-20(15)11-19)16(21)17-13-6-4-3-5-7-13/h3-10,12H,11H2,1-2H3,(H,17,21)/p+1.